The van der Waals surface area contributed by atoms with E-state index in [0.29, 0.717) is 29.6 Å². The van der Waals surface area contributed by atoms with Gasteiger partial charge in [0.05, 0.1) is 24.2 Å². The van der Waals surface area contributed by atoms with Gasteiger partial charge >= 0.3 is 17.9 Å². The van der Waals surface area contributed by atoms with Gasteiger partial charge in [0.2, 0.25) is 0 Å². The van der Waals surface area contributed by atoms with Crippen LogP contribution in [-0.2, 0) is 33.3 Å². The molecule has 2 saturated carbocycles. The minimum atomic E-state index is -1.24. The smallest absolute Gasteiger partial charge is 0.338 e. The second kappa shape index (κ2) is 9.80. The van der Waals surface area contributed by atoms with Gasteiger partial charge in [-0.15, -0.1) is 0 Å². The first-order chi connectivity index (χ1) is 18.7. The Bertz CT molecular complexity index is 1270. The summed E-state index contributed by atoms with van der Waals surface area (Å²) in [6, 6.07) is 8.58. The van der Waals surface area contributed by atoms with Crippen LogP contribution in [0.15, 0.2) is 41.5 Å². The Morgan fingerprint density at radius 2 is 1.70 bits per heavy atom. The van der Waals surface area contributed by atoms with Crippen molar-refractivity contribution in [3.8, 4) is 0 Å². The van der Waals surface area contributed by atoms with Crippen LogP contribution in [0.2, 0.25) is 0 Å². The lowest BCUT2D eigenvalue weighted by molar-refractivity contribution is -0.320. The van der Waals surface area contributed by atoms with E-state index in [9.17, 15) is 24.3 Å². The average Bonchev–Trinajstić information content (AvgIpc) is 2.87. The molecule has 216 valence electrons. The number of carbonyl (C=O) groups is 4. The summed E-state index contributed by atoms with van der Waals surface area (Å²) in [5.74, 6) is -3.40. The van der Waals surface area contributed by atoms with Crippen LogP contribution in [0, 0.1) is 22.7 Å². The molecule has 1 N–H and O–H groups in total. The van der Waals surface area contributed by atoms with Crippen molar-refractivity contribution >= 4 is 23.7 Å². The van der Waals surface area contributed by atoms with Gasteiger partial charge in [-0.25, -0.2) is 4.79 Å². The minimum Gasteiger partial charge on any atom is -0.458 e. The van der Waals surface area contributed by atoms with Crippen LogP contribution in [0.5, 0.6) is 0 Å². The van der Waals surface area contributed by atoms with E-state index in [4.69, 9.17) is 18.9 Å². The number of carbonyl (C=O) groups excluding carboxylic acids is 4. The van der Waals surface area contributed by atoms with E-state index < -0.39 is 70.6 Å². The van der Waals surface area contributed by atoms with Crippen LogP contribution in [-0.4, -0.2) is 65.4 Å². The van der Waals surface area contributed by atoms with E-state index in [1.807, 2.05) is 13.8 Å². The van der Waals surface area contributed by atoms with Crippen molar-refractivity contribution < 1.29 is 43.2 Å². The molecular weight excluding hydrogens is 516 g/mol. The third-order valence-corrected chi connectivity index (χ3v) is 9.88. The molecule has 8 atom stereocenters. The van der Waals surface area contributed by atoms with Gasteiger partial charge in [0.25, 0.3) is 0 Å². The van der Waals surface area contributed by atoms with Crippen molar-refractivity contribution in [1.82, 2.24) is 0 Å². The van der Waals surface area contributed by atoms with Gasteiger partial charge in [-0.2, -0.15) is 0 Å². The number of benzene rings is 1. The molecule has 5 rings (SSSR count). The van der Waals surface area contributed by atoms with Gasteiger partial charge in [-0.05, 0) is 54.9 Å². The summed E-state index contributed by atoms with van der Waals surface area (Å²) >= 11 is 0. The van der Waals surface area contributed by atoms with Crippen molar-refractivity contribution in [2.45, 2.75) is 90.8 Å². The largest absolute Gasteiger partial charge is 0.458 e. The first kappa shape index (κ1) is 28.5. The lowest BCUT2D eigenvalue weighted by atomic mass is 9.46. The summed E-state index contributed by atoms with van der Waals surface area (Å²) in [5, 5.41) is 11.3. The summed E-state index contributed by atoms with van der Waals surface area (Å²) in [6.45, 7) is 10.0. The lowest BCUT2D eigenvalue weighted by Crippen LogP contribution is -2.76. The molecule has 3 aliphatic carbocycles. The van der Waals surface area contributed by atoms with Crippen LogP contribution in [0.4, 0.5) is 0 Å². The normalized spacial score (nSPS) is 38.0. The van der Waals surface area contributed by atoms with Crippen LogP contribution in [0.25, 0.3) is 0 Å². The number of hydrogen-bond acceptors (Lipinski definition) is 9. The zero-order valence-electron chi connectivity index (χ0n) is 23.9. The third kappa shape index (κ3) is 4.20. The number of rotatable bonds is 4. The van der Waals surface area contributed by atoms with E-state index in [1.54, 1.807) is 44.2 Å². The fourth-order valence-corrected chi connectivity index (χ4v) is 8.00. The number of aliphatic hydroxyl groups excluding tert-OH is 1. The summed E-state index contributed by atoms with van der Waals surface area (Å²) in [5.41, 5.74) is -1.82. The third-order valence-electron chi connectivity index (χ3n) is 9.88. The first-order valence-corrected chi connectivity index (χ1v) is 13.9. The molecule has 3 fully saturated rings. The Hall–Kier alpha value is -3.04. The zero-order valence-corrected chi connectivity index (χ0v) is 23.9. The summed E-state index contributed by atoms with van der Waals surface area (Å²) in [4.78, 5) is 53.2. The predicted molar refractivity (Wildman–Crippen MR) is 142 cm³/mol. The molecule has 2 bridgehead atoms. The monoisotopic (exact) mass is 554 g/mol. The highest BCUT2D eigenvalue weighted by molar-refractivity contribution is 5.94. The van der Waals surface area contributed by atoms with Crippen LogP contribution in [0.3, 0.4) is 0 Å². The van der Waals surface area contributed by atoms with Crippen LogP contribution >= 0.6 is 0 Å². The van der Waals surface area contributed by atoms with Crippen molar-refractivity contribution in [1.29, 1.82) is 0 Å². The molecule has 9 heteroatoms. The molecule has 0 radical (unpaired) electrons. The van der Waals surface area contributed by atoms with Crippen LogP contribution < -0.4 is 0 Å². The van der Waals surface area contributed by atoms with E-state index in [-0.39, 0.29) is 18.8 Å². The Kier molecular flexibility index (Phi) is 6.98. The van der Waals surface area contributed by atoms with Crippen LogP contribution in [0.1, 0.15) is 71.2 Å². The molecule has 0 amide bonds. The Morgan fingerprint density at radius 1 is 1.02 bits per heavy atom. The maximum Gasteiger partial charge on any atom is 0.338 e. The molecule has 9 nitrogen and oxygen atoms in total. The summed E-state index contributed by atoms with van der Waals surface area (Å²) < 4.78 is 24.1. The molecule has 4 aliphatic rings. The molecule has 0 spiro atoms. The lowest BCUT2D eigenvalue weighted by Gasteiger charge is -2.64. The predicted octanol–water partition coefficient (Wildman–Crippen LogP) is 3.57. The van der Waals surface area contributed by atoms with Gasteiger partial charge in [-0.3, -0.25) is 14.4 Å². The van der Waals surface area contributed by atoms with Crippen molar-refractivity contribution in [3.05, 3.63) is 47.0 Å². The number of fused-ring (bicyclic) bond motifs is 5. The second-order valence-electron chi connectivity index (χ2n) is 12.5. The van der Waals surface area contributed by atoms with E-state index in [0.717, 1.165) is 0 Å². The van der Waals surface area contributed by atoms with Crippen molar-refractivity contribution in [2.75, 3.05) is 6.61 Å². The molecular formula is C31H38O9. The Labute approximate surface area is 234 Å². The first-order valence-electron chi connectivity index (χ1n) is 13.9. The number of hydrogen-bond donors (Lipinski definition) is 1. The van der Waals surface area contributed by atoms with E-state index >= 15 is 0 Å². The van der Waals surface area contributed by atoms with Gasteiger partial charge in [0, 0.05) is 25.2 Å². The van der Waals surface area contributed by atoms with Crippen molar-refractivity contribution in [3.63, 3.8) is 0 Å². The molecule has 1 aromatic carbocycles. The molecule has 1 aliphatic heterocycles. The van der Waals surface area contributed by atoms with Gasteiger partial charge in [0.15, 0.2) is 17.5 Å². The number of ketones is 1. The Morgan fingerprint density at radius 3 is 2.27 bits per heavy atom. The fraction of sp³-hybridized carbons (Fsp3) is 0.613. The maximum absolute atomic E-state index is 14.7. The topological polar surface area (TPSA) is 125 Å². The SMILES string of the molecule is CC(=O)O[C@H]1C(=O)[C@]2(C)CC[C@H]3OC[C@@]3(OC(C)=O)[C@H]2[C@H](OC(=O)c2ccccc2)C2CC(O)C(C)=C1C2(C)C. The highest BCUT2D eigenvalue weighted by atomic mass is 16.6. The van der Waals surface area contributed by atoms with E-state index in [1.165, 1.54) is 13.8 Å². The number of aliphatic hydroxyl groups is 1. The second-order valence-corrected chi connectivity index (χ2v) is 12.5. The number of ether oxygens (including phenoxy) is 4. The Balaban J connectivity index is 1.76. The number of esters is 3. The molecule has 40 heavy (non-hydrogen) atoms. The highest BCUT2D eigenvalue weighted by Crippen LogP contribution is 2.63. The molecule has 2 unspecified atom stereocenters. The quantitative estimate of drug-likeness (QED) is 0.338. The van der Waals surface area contributed by atoms with E-state index in [2.05, 4.69) is 0 Å². The highest BCUT2D eigenvalue weighted by Gasteiger charge is 2.73. The summed E-state index contributed by atoms with van der Waals surface area (Å²) in [6.07, 6.45) is -2.59. The standard InChI is InChI=1S/C31H38O9/c1-16-21(34)14-20-24(39-28(36)19-10-8-7-9-11-19)26-30(6,13-12-22-31(26,15-37-22)40-18(3)33)27(35)25(38-17(2)32)23(16)29(20,4)5/h7-11,20-22,24-26,34H,12-15H2,1-6H3/t20?,21?,22-,24-,25-,26+,30-,31+/m1/s1. The fourth-order valence-electron chi connectivity index (χ4n) is 8.00. The van der Waals surface area contributed by atoms with Gasteiger partial charge in [-0.1, -0.05) is 39.0 Å². The van der Waals surface area contributed by atoms with Gasteiger partial charge in [0.1, 0.15) is 12.2 Å². The molecule has 0 aromatic heterocycles. The molecule has 1 heterocycles. The van der Waals surface area contributed by atoms with Crippen molar-refractivity contribution in [2.24, 2.45) is 22.7 Å². The molecule has 1 saturated heterocycles. The maximum atomic E-state index is 14.7. The zero-order chi connectivity index (χ0) is 29.2. The number of Topliss-reactive ketones (excluding diaryl/α,β-unsaturated/α-hetero) is 1. The molecule has 1 aromatic rings. The minimum absolute atomic E-state index is 0.0415. The summed E-state index contributed by atoms with van der Waals surface area (Å²) in [7, 11) is 0. The average molecular weight is 555 g/mol. The van der Waals surface area contributed by atoms with Gasteiger partial charge < -0.3 is 24.1 Å².